The summed E-state index contributed by atoms with van der Waals surface area (Å²) >= 11 is 4.48. The van der Waals surface area contributed by atoms with E-state index in [1.54, 1.807) is 23.1 Å². The minimum absolute atomic E-state index is 0.157. The van der Waals surface area contributed by atoms with Gasteiger partial charge in [0, 0.05) is 0 Å². The lowest BCUT2D eigenvalue weighted by molar-refractivity contribution is 0.249. The van der Waals surface area contributed by atoms with E-state index in [4.69, 9.17) is 4.52 Å². The second kappa shape index (κ2) is 7.53. The molecule has 0 spiro atoms. The first-order valence-electron chi connectivity index (χ1n) is 6.47. The highest BCUT2D eigenvalue weighted by atomic mass is 32.2. The van der Waals surface area contributed by atoms with E-state index >= 15 is 0 Å². The molecule has 0 fully saturated rings. The summed E-state index contributed by atoms with van der Waals surface area (Å²) in [6.45, 7) is 0.157. The van der Waals surface area contributed by atoms with E-state index in [-0.39, 0.29) is 6.54 Å². The van der Waals surface area contributed by atoms with Gasteiger partial charge in [-0.05, 0) is 17.7 Å². The predicted molar refractivity (Wildman–Crippen MR) is 90.6 cm³/mol. The SMILES string of the molecule is CSCc1noc(CNC(=O)Nc2nnc(-c3cccs3)s2)n1. The van der Waals surface area contributed by atoms with Crippen LogP contribution in [0, 0.1) is 0 Å². The van der Waals surface area contributed by atoms with E-state index in [0.29, 0.717) is 22.6 Å². The summed E-state index contributed by atoms with van der Waals surface area (Å²) in [6.07, 6.45) is 1.95. The quantitative estimate of drug-likeness (QED) is 0.689. The fourth-order valence-corrected chi connectivity index (χ4v) is 3.53. The molecule has 0 unspecified atom stereocenters. The van der Waals surface area contributed by atoms with Crippen molar-refractivity contribution in [3.8, 4) is 9.88 Å². The Morgan fingerprint density at radius 3 is 3.13 bits per heavy atom. The Hall–Kier alpha value is -1.98. The van der Waals surface area contributed by atoms with Crippen LogP contribution in [-0.4, -0.2) is 32.6 Å². The number of urea groups is 1. The maximum absolute atomic E-state index is 11.8. The third kappa shape index (κ3) is 4.27. The van der Waals surface area contributed by atoms with Gasteiger partial charge in [-0.25, -0.2) is 4.79 Å². The summed E-state index contributed by atoms with van der Waals surface area (Å²) in [5.74, 6) is 1.64. The number of nitrogens with one attached hydrogen (secondary N) is 2. The van der Waals surface area contributed by atoms with Crippen molar-refractivity contribution in [2.24, 2.45) is 0 Å². The third-order valence-corrected chi connectivity index (χ3v) is 4.99. The molecular weight excluding hydrogens is 356 g/mol. The Morgan fingerprint density at radius 1 is 1.43 bits per heavy atom. The van der Waals surface area contributed by atoms with Crippen molar-refractivity contribution < 1.29 is 9.32 Å². The first-order valence-corrected chi connectivity index (χ1v) is 9.56. The fourth-order valence-electron chi connectivity index (χ4n) is 1.62. The van der Waals surface area contributed by atoms with Crippen molar-refractivity contribution in [3.63, 3.8) is 0 Å². The van der Waals surface area contributed by atoms with Gasteiger partial charge in [0.15, 0.2) is 10.8 Å². The maximum atomic E-state index is 11.8. The van der Waals surface area contributed by atoms with Gasteiger partial charge in [-0.3, -0.25) is 5.32 Å². The number of anilines is 1. The zero-order valence-corrected chi connectivity index (χ0v) is 14.4. The lowest BCUT2D eigenvalue weighted by Gasteiger charge is -2.01. The molecule has 0 aliphatic heterocycles. The highest BCUT2D eigenvalue weighted by molar-refractivity contribution is 7.97. The first kappa shape index (κ1) is 15.9. The molecule has 3 aromatic heterocycles. The zero-order valence-electron chi connectivity index (χ0n) is 12.0. The maximum Gasteiger partial charge on any atom is 0.321 e. The second-order valence-corrected chi connectivity index (χ2v) is 7.03. The van der Waals surface area contributed by atoms with Crippen LogP contribution in [0.1, 0.15) is 11.7 Å². The van der Waals surface area contributed by atoms with Crippen LogP contribution in [0.4, 0.5) is 9.93 Å². The molecule has 0 aliphatic carbocycles. The van der Waals surface area contributed by atoms with Gasteiger partial charge >= 0.3 is 6.03 Å². The second-order valence-electron chi connectivity index (χ2n) is 4.23. The average Bonchev–Trinajstić information content (AvgIpc) is 3.27. The molecule has 0 bridgehead atoms. The van der Waals surface area contributed by atoms with Crippen molar-refractivity contribution in [1.82, 2.24) is 25.7 Å². The molecule has 8 nitrogen and oxygen atoms in total. The number of thiophene rings is 1. The molecule has 3 heterocycles. The minimum Gasteiger partial charge on any atom is -0.337 e. The summed E-state index contributed by atoms with van der Waals surface area (Å²) in [6, 6.07) is 3.50. The summed E-state index contributed by atoms with van der Waals surface area (Å²) in [5, 5.41) is 20.2. The van der Waals surface area contributed by atoms with Crippen LogP contribution in [-0.2, 0) is 12.3 Å². The molecule has 120 valence electrons. The Morgan fingerprint density at radius 2 is 2.35 bits per heavy atom. The number of hydrogen-bond donors (Lipinski definition) is 2. The van der Waals surface area contributed by atoms with Crippen molar-refractivity contribution in [3.05, 3.63) is 29.2 Å². The fraction of sp³-hybridized carbons (Fsp3) is 0.250. The summed E-state index contributed by atoms with van der Waals surface area (Å²) < 4.78 is 5.03. The highest BCUT2D eigenvalue weighted by Gasteiger charge is 2.11. The molecule has 3 rings (SSSR count). The number of nitrogens with zero attached hydrogens (tertiary/aromatic N) is 4. The number of hydrogen-bond acceptors (Lipinski definition) is 9. The monoisotopic (exact) mass is 368 g/mol. The van der Waals surface area contributed by atoms with Crippen LogP contribution in [0.3, 0.4) is 0 Å². The Labute approximate surface area is 143 Å². The van der Waals surface area contributed by atoms with Crippen LogP contribution in [0.15, 0.2) is 22.0 Å². The smallest absolute Gasteiger partial charge is 0.321 e. The largest absolute Gasteiger partial charge is 0.337 e. The van der Waals surface area contributed by atoms with Gasteiger partial charge in [0.25, 0.3) is 0 Å². The molecule has 11 heteroatoms. The summed E-state index contributed by atoms with van der Waals surface area (Å²) in [7, 11) is 0. The number of aromatic nitrogens is 4. The van der Waals surface area contributed by atoms with Crippen LogP contribution in [0.25, 0.3) is 9.88 Å². The number of carbonyl (C=O) groups is 1. The molecule has 0 radical (unpaired) electrons. The molecule has 2 amide bonds. The normalized spacial score (nSPS) is 10.7. The predicted octanol–water partition coefficient (Wildman–Crippen LogP) is 2.83. The van der Waals surface area contributed by atoms with E-state index in [0.717, 1.165) is 9.88 Å². The number of rotatable bonds is 6. The van der Waals surface area contributed by atoms with E-state index < -0.39 is 6.03 Å². The van der Waals surface area contributed by atoms with E-state index in [1.165, 1.54) is 11.3 Å². The lowest BCUT2D eigenvalue weighted by atomic mass is 10.5. The number of amides is 2. The molecule has 0 saturated heterocycles. The van der Waals surface area contributed by atoms with Crippen molar-refractivity contribution >= 4 is 45.6 Å². The highest BCUT2D eigenvalue weighted by Crippen LogP contribution is 2.29. The molecule has 0 aliphatic rings. The molecule has 0 aromatic carbocycles. The van der Waals surface area contributed by atoms with Crippen molar-refractivity contribution in [2.45, 2.75) is 12.3 Å². The van der Waals surface area contributed by atoms with Crippen molar-refractivity contribution in [1.29, 1.82) is 0 Å². The van der Waals surface area contributed by atoms with Gasteiger partial charge in [-0.1, -0.05) is 22.6 Å². The third-order valence-electron chi connectivity index (χ3n) is 2.56. The Kier molecular flexibility index (Phi) is 5.20. The summed E-state index contributed by atoms with van der Waals surface area (Å²) in [5.41, 5.74) is 0. The lowest BCUT2D eigenvalue weighted by Crippen LogP contribution is -2.28. The van der Waals surface area contributed by atoms with Crippen LogP contribution < -0.4 is 10.6 Å². The Bertz CT molecular complexity index is 769. The van der Waals surface area contributed by atoms with Gasteiger partial charge < -0.3 is 9.84 Å². The molecule has 2 N–H and O–H groups in total. The van der Waals surface area contributed by atoms with Crippen LogP contribution >= 0.6 is 34.4 Å². The molecule has 23 heavy (non-hydrogen) atoms. The minimum atomic E-state index is -0.400. The topological polar surface area (TPSA) is 106 Å². The van der Waals surface area contributed by atoms with E-state index in [9.17, 15) is 4.79 Å². The van der Waals surface area contributed by atoms with E-state index in [2.05, 4.69) is 31.0 Å². The molecule has 0 saturated carbocycles. The van der Waals surface area contributed by atoms with E-state index in [1.807, 2.05) is 23.8 Å². The first-order chi connectivity index (χ1) is 11.2. The Balaban J connectivity index is 1.51. The van der Waals surface area contributed by atoms with Crippen LogP contribution in [0.5, 0.6) is 0 Å². The number of carbonyl (C=O) groups excluding carboxylic acids is 1. The van der Waals surface area contributed by atoms with Crippen molar-refractivity contribution in [2.75, 3.05) is 11.6 Å². The zero-order chi connectivity index (χ0) is 16.1. The molecule has 0 atom stereocenters. The molecular formula is C12H12N6O2S3. The van der Waals surface area contributed by atoms with Crippen LogP contribution in [0.2, 0.25) is 0 Å². The molecule has 3 aromatic rings. The van der Waals surface area contributed by atoms with Gasteiger partial charge in [0.1, 0.15) is 0 Å². The standard InChI is InChI=1S/C12H12N6O2S3/c1-21-6-8-14-9(20-18-8)5-13-11(19)15-12-17-16-10(23-12)7-3-2-4-22-7/h2-4H,5-6H2,1H3,(H2,13,15,17,19). The average molecular weight is 368 g/mol. The van der Waals surface area contributed by atoms with Gasteiger partial charge in [-0.2, -0.15) is 16.7 Å². The van der Waals surface area contributed by atoms with Gasteiger partial charge in [-0.15, -0.1) is 21.5 Å². The van der Waals surface area contributed by atoms with Gasteiger partial charge in [0.2, 0.25) is 11.0 Å². The summed E-state index contributed by atoms with van der Waals surface area (Å²) in [4.78, 5) is 17.0. The number of thioether (sulfide) groups is 1. The van der Waals surface area contributed by atoms with Gasteiger partial charge in [0.05, 0.1) is 17.2 Å².